The van der Waals surface area contributed by atoms with Crippen LogP contribution >= 0.6 is 0 Å². The third-order valence-corrected chi connectivity index (χ3v) is 3.78. The molecule has 1 N–H and O–H groups in total. The quantitative estimate of drug-likeness (QED) is 0.838. The average molecular weight is 286 g/mol. The summed E-state index contributed by atoms with van der Waals surface area (Å²) in [6.45, 7) is 18.6. The van der Waals surface area contributed by atoms with Crippen LogP contribution < -0.4 is 0 Å². The first-order valence-corrected chi connectivity index (χ1v) is 7.87. The standard InChI is InChI=1S/C16H34N2O2/c1-15(2,3)18-10-8-17(9-11-18)13-14(19)7-12-20-16(4,5)6/h14,19H,7-13H2,1-6H3/t14-/m1/s1. The maximum atomic E-state index is 10.1. The Hall–Kier alpha value is -0.160. The van der Waals surface area contributed by atoms with Crippen LogP contribution in [-0.4, -0.2) is 71.5 Å². The number of hydrogen-bond acceptors (Lipinski definition) is 4. The Morgan fingerprint density at radius 3 is 2.00 bits per heavy atom. The van der Waals surface area contributed by atoms with Gasteiger partial charge in [-0.05, 0) is 48.0 Å². The zero-order valence-corrected chi connectivity index (χ0v) is 14.3. The van der Waals surface area contributed by atoms with Crippen molar-refractivity contribution in [2.75, 3.05) is 39.3 Å². The largest absolute Gasteiger partial charge is 0.392 e. The Kier molecular flexibility index (Phi) is 6.45. The van der Waals surface area contributed by atoms with Crippen LogP contribution in [0.25, 0.3) is 0 Å². The minimum Gasteiger partial charge on any atom is -0.392 e. The van der Waals surface area contributed by atoms with Crippen LogP contribution in [0.3, 0.4) is 0 Å². The predicted octanol–water partition coefficient (Wildman–Crippen LogP) is 1.97. The second kappa shape index (κ2) is 7.21. The molecule has 0 aromatic rings. The highest BCUT2D eigenvalue weighted by atomic mass is 16.5. The fourth-order valence-electron chi connectivity index (χ4n) is 2.49. The number of piperazine rings is 1. The van der Waals surface area contributed by atoms with Crippen LogP contribution in [0.2, 0.25) is 0 Å². The van der Waals surface area contributed by atoms with Crippen molar-refractivity contribution in [3.8, 4) is 0 Å². The fraction of sp³-hybridized carbons (Fsp3) is 1.00. The Morgan fingerprint density at radius 2 is 1.55 bits per heavy atom. The van der Waals surface area contributed by atoms with Crippen molar-refractivity contribution in [1.82, 2.24) is 9.80 Å². The molecule has 0 saturated carbocycles. The van der Waals surface area contributed by atoms with E-state index in [0.717, 1.165) is 39.1 Å². The summed E-state index contributed by atoms with van der Waals surface area (Å²) in [5.41, 5.74) is 0.142. The van der Waals surface area contributed by atoms with Gasteiger partial charge in [-0.15, -0.1) is 0 Å². The highest BCUT2D eigenvalue weighted by Crippen LogP contribution is 2.16. The molecule has 0 aromatic heterocycles. The monoisotopic (exact) mass is 286 g/mol. The third-order valence-electron chi connectivity index (χ3n) is 3.78. The number of aliphatic hydroxyl groups excluding tert-OH is 1. The lowest BCUT2D eigenvalue weighted by Crippen LogP contribution is -2.54. The van der Waals surface area contributed by atoms with Crippen molar-refractivity contribution >= 4 is 0 Å². The van der Waals surface area contributed by atoms with E-state index in [9.17, 15) is 5.11 Å². The second-order valence-electron chi connectivity index (χ2n) is 7.86. The summed E-state index contributed by atoms with van der Waals surface area (Å²) in [5.74, 6) is 0. The topological polar surface area (TPSA) is 35.9 Å². The zero-order valence-electron chi connectivity index (χ0n) is 14.3. The maximum Gasteiger partial charge on any atom is 0.0689 e. The smallest absolute Gasteiger partial charge is 0.0689 e. The fourth-order valence-corrected chi connectivity index (χ4v) is 2.49. The number of β-amino-alcohol motifs (C(OH)–C–C–N with tert-alkyl or cyclic N) is 1. The molecule has 1 fully saturated rings. The highest BCUT2D eigenvalue weighted by molar-refractivity contribution is 4.82. The lowest BCUT2D eigenvalue weighted by Gasteiger charge is -2.42. The van der Waals surface area contributed by atoms with E-state index in [1.165, 1.54) is 0 Å². The molecular weight excluding hydrogens is 252 g/mol. The van der Waals surface area contributed by atoms with Gasteiger partial charge >= 0.3 is 0 Å². The molecule has 1 aliphatic rings. The molecule has 1 aliphatic heterocycles. The maximum absolute atomic E-state index is 10.1. The van der Waals surface area contributed by atoms with Crippen molar-refractivity contribution in [1.29, 1.82) is 0 Å². The molecule has 0 amide bonds. The SMILES string of the molecule is CC(C)(C)OCC[C@@H](O)CN1CCN(C(C)(C)C)CC1. The molecule has 1 saturated heterocycles. The number of rotatable bonds is 5. The summed E-state index contributed by atoms with van der Waals surface area (Å²) < 4.78 is 5.66. The summed E-state index contributed by atoms with van der Waals surface area (Å²) >= 11 is 0. The first kappa shape index (κ1) is 17.9. The first-order valence-electron chi connectivity index (χ1n) is 7.87. The van der Waals surface area contributed by atoms with Crippen LogP contribution in [0, 0.1) is 0 Å². The van der Waals surface area contributed by atoms with E-state index < -0.39 is 0 Å². The Balaban J connectivity index is 2.20. The van der Waals surface area contributed by atoms with E-state index in [1.807, 2.05) is 20.8 Å². The number of hydrogen-bond donors (Lipinski definition) is 1. The minimum absolute atomic E-state index is 0.113. The molecular formula is C16H34N2O2. The molecule has 0 spiro atoms. The van der Waals surface area contributed by atoms with Crippen LogP contribution in [0.15, 0.2) is 0 Å². The number of nitrogens with zero attached hydrogens (tertiary/aromatic N) is 2. The van der Waals surface area contributed by atoms with Gasteiger partial charge < -0.3 is 9.84 Å². The summed E-state index contributed by atoms with van der Waals surface area (Å²) in [6.07, 6.45) is 0.440. The minimum atomic E-state index is -0.279. The van der Waals surface area contributed by atoms with E-state index in [1.54, 1.807) is 0 Å². The molecule has 0 bridgehead atoms. The lowest BCUT2D eigenvalue weighted by atomic mass is 10.0. The van der Waals surface area contributed by atoms with Crippen molar-refractivity contribution in [3.05, 3.63) is 0 Å². The Bertz CT molecular complexity index is 273. The van der Waals surface area contributed by atoms with E-state index in [4.69, 9.17) is 4.74 Å². The van der Waals surface area contributed by atoms with E-state index in [0.29, 0.717) is 6.61 Å². The Labute approximate surface area is 125 Å². The van der Waals surface area contributed by atoms with Crippen molar-refractivity contribution in [2.24, 2.45) is 0 Å². The molecule has 0 aliphatic carbocycles. The van der Waals surface area contributed by atoms with E-state index >= 15 is 0 Å². The summed E-state index contributed by atoms with van der Waals surface area (Å²) in [4.78, 5) is 4.88. The van der Waals surface area contributed by atoms with Gasteiger partial charge in [-0.1, -0.05) is 0 Å². The molecule has 4 heteroatoms. The van der Waals surface area contributed by atoms with Gasteiger partial charge in [0.15, 0.2) is 0 Å². The van der Waals surface area contributed by atoms with Gasteiger partial charge in [0.25, 0.3) is 0 Å². The molecule has 0 unspecified atom stereocenters. The van der Waals surface area contributed by atoms with Gasteiger partial charge in [0.2, 0.25) is 0 Å². The third kappa shape index (κ3) is 7.02. The van der Waals surface area contributed by atoms with Crippen molar-refractivity contribution < 1.29 is 9.84 Å². The average Bonchev–Trinajstić information content (AvgIpc) is 2.26. The van der Waals surface area contributed by atoms with Gasteiger partial charge in [0, 0.05) is 44.9 Å². The number of ether oxygens (including phenoxy) is 1. The van der Waals surface area contributed by atoms with Crippen LogP contribution in [0.5, 0.6) is 0 Å². The normalized spacial score (nSPS) is 21.1. The predicted molar refractivity (Wildman–Crippen MR) is 84.1 cm³/mol. The molecule has 20 heavy (non-hydrogen) atoms. The van der Waals surface area contributed by atoms with E-state index in [2.05, 4.69) is 30.6 Å². The first-order chi connectivity index (χ1) is 9.08. The van der Waals surface area contributed by atoms with Crippen LogP contribution in [-0.2, 0) is 4.74 Å². The summed E-state index contributed by atoms with van der Waals surface area (Å²) in [7, 11) is 0. The Morgan fingerprint density at radius 1 is 1.00 bits per heavy atom. The molecule has 120 valence electrons. The van der Waals surface area contributed by atoms with Crippen LogP contribution in [0.4, 0.5) is 0 Å². The molecule has 1 heterocycles. The lowest BCUT2D eigenvalue weighted by molar-refractivity contribution is -0.0257. The number of aliphatic hydroxyl groups is 1. The van der Waals surface area contributed by atoms with Crippen molar-refractivity contribution in [3.63, 3.8) is 0 Å². The van der Waals surface area contributed by atoms with Gasteiger partial charge in [0.05, 0.1) is 11.7 Å². The molecule has 4 nitrogen and oxygen atoms in total. The van der Waals surface area contributed by atoms with Gasteiger partial charge in [0.1, 0.15) is 0 Å². The van der Waals surface area contributed by atoms with Gasteiger partial charge in [-0.2, -0.15) is 0 Å². The molecule has 0 aromatic carbocycles. The van der Waals surface area contributed by atoms with Crippen LogP contribution in [0.1, 0.15) is 48.0 Å². The molecule has 0 radical (unpaired) electrons. The van der Waals surface area contributed by atoms with E-state index in [-0.39, 0.29) is 17.2 Å². The summed E-state index contributed by atoms with van der Waals surface area (Å²) in [6, 6.07) is 0. The van der Waals surface area contributed by atoms with Crippen molar-refractivity contribution in [2.45, 2.75) is 65.2 Å². The second-order valence-corrected chi connectivity index (χ2v) is 7.86. The highest BCUT2D eigenvalue weighted by Gasteiger charge is 2.26. The summed E-state index contributed by atoms with van der Waals surface area (Å²) in [5, 5.41) is 10.1. The van der Waals surface area contributed by atoms with Gasteiger partial charge in [-0.3, -0.25) is 9.80 Å². The zero-order chi connectivity index (χ0) is 15.4. The molecule has 1 rings (SSSR count). The van der Waals surface area contributed by atoms with Gasteiger partial charge in [-0.25, -0.2) is 0 Å². The molecule has 1 atom stereocenters.